The molecule has 0 aliphatic carbocycles. The van der Waals surface area contributed by atoms with Crippen molar-refractivity contribution in [1.82, 2.24) is 9.97 Å². The van der Waals surface area contributed by atoms with Crippen molar-refractivity contribution < 1.29 is 9.90 Å². The number of benzene rings is 1. The molecular formula is C17H19N3O2. The Labute approximate surface area is 129 Å². The number of anilines is 1. The lowest BCUT2D eigenvalue weighted by Crippen LogP contribution is -2.42. The number of carbonyl (C=O) groups is 1. The van der Waals surface area contributed by atoms with Gasteiger partial charge in [0.15, 0.2) is 5.82 Å². The second-order valence-electron chi connectivity index (χ2n) is 5.75. The van der Waals surface area contributed by atoms with Gasteiger partial charge in [0.2, 0.25) is 0 Å². The first-order valence-electron chi connectivity index (χ1n) is 7.51. The van der Waals surface area contributed by atoms with Crippen molar-refractivity contribution in [3.05, 3.63) is 42.7 Å². The maximum Gasteiger partial charge on any atom is 0.306 e. The van der Waals surface area contributed by atoms with Crippen LogP contribution in [0.15, 0.2) is 42.7 Å². The molecule has 1 aromatic heterocycles. The third-order valence-electron chi connectivity index (χ3n) is 4.25. The maximum absolute atomic E-state index is 11.2. The number of rotatable bonds is 3. The molecular weight excluding hydrogens is 278 g/mol. The number of aromatic nitrogens is 2. The molecule has 114 valence electrons. The zero-order valence-electron chi connectivity index (χ0n) is 12.5. The monoisotopic (exact) mass is 297 g/mol. The highest BCUT2D eigenvalue weighted by Gasteiger charge is 2.32. The van der Waals surface area contributed by atoms with Crippen molar-refractivity contribution in [3.63, 3.8) is 0 Å². The molecule has 1 aliphatic heterocycles. The van der Waals surface area contributed by atoms with Crippen LogP contribution < -0.4 is 4.90 Å². The van der Waals surface area contributed by atoms with Crippen LogP contribution in [0.3, 0.4) is 0 Å². The summed E-state index contributed by atoms with van der Waals surface area (Å²) in [7, 11) is 0. The Balaban J connectivity index is 1.89. The predicted octanol–water partition coefficient (Wildman–Crippen LogP) is 2.69. The van der Waals surface area contributed by atoms with Crippen LogP contribution in [0.1, 0.15) is 13.3 Å². The van der Waals surface area contributed by atoms with Crippen LogP contribution in [0.25, 0.3) is 11.3 Å². The van der Waals surface area contributed by atoms with E-state index in [1.165, 1.54) is 0 Å². The van der Waals surface area contributed by atoms with Gasteiger partial charge in [0.05, 0.1) is 5.92 Å². The topological polar surface area (TPSA) is 66.3 Å². The average Bonchev–Trinajstić information content (AvgIpc) is 2.55. The molecule has 0 saturated carbocycles. The quantitative estimate of drug-likeness (QED) is 0.943. The van der Waals surface area contributed by atoms with Gasteiger partial charge in [-0.05, 0) is 12.3 Å². The number of nitrogens with zero attached hydrogens (tertiary/aromatic N) is 3. The summed E-state index contributed by atoms with van der Waals surface area (Å²) in [5, 5.41) is 9.25. The van der Waals surface area contributed by atoms with Crippen LogP contribution in [0.2, 0.25) is 0 Å². The third-order valence-corrected chi connectivity index (χ3v) is 4.25. The first-order valence-corrected chi connectivity index (χ1v) is 7.51. The minimum absolute atomic E-state index is 0.0943. The first-order chi connectivity index (χ1) is 10.7. The van der Waals surface area contributed by atoms with Gasteiger partial charge < -0.3 is 10.0 Å². The Bertz CT molecular complexity index is 660. The number of hydrogen-bond donors (Lipinski definition) is 1. The van der Waals surface area contributed by atoms with Crippen molar-refractivity contribution >= 4 is 11.8 Å². The highest BCUT2D eigenvalue weighted by atomic mass is 16.4. The fourth-order valence-electron chi connectivity index (χ4n) is 3.07. The number of carboxylic acid groups (broad SMARTS) is 1. The summed E-state index contributed by atoms with van der Waals surface area (Å²) in [5.41, 5.74) is 1.88. The van der Waals surface area contributed by atoms with E-state index in [4.69, 9.17) is 0 Å². The molecule has 2 heterocycles. The SMILES string of the molecule is C[C@@H]1CN(c2nccnc2-c2ccccc2)CC[C@@H]1C(=O)O. The smallest absolute Gasteiger partial charge is 0.306 e. The molecule has 1 aromatic carbocycles. The molecule has 2 atom stereocenters. The van der Waals surface area contributed by atoms with Crippen molar-refractivity contribution in [2.75, 3.05) is 18.0 Å². The molecule has 2 aromatic rings. The van der Waals surface area contributed by atoms with Crippen LogP contribution in [0, 0.1) is 11.8 Å². The highest BCUT2D eigenvalue weighted by Crippen LogP contribution is 2.31. The summed E-state index contributed by atoms with van der Waals surface area (Å²) in [5.74, 6) is -0.0380. The minimum Gasteiger partial charge on any atom is -0.481 e. The van der Waals surface area contributed by atoms with Gasteiger partial charge in [0.25, 0.3) is 0 Å². The summed E-state index contributed by atoms with van der Waals surface area (Å²) >= 11 is 0. The van der Waals surface area contributed by atoms with Gasteiger partial charge in [-0.15, -0.1) is 0 Å². The molecule has 0 spiro atoms. The summed E-state index contributed by atoms with van der Waals surface area (Å²) in [6, 6.07) is 9.96. The average molecular weight is 297 g/mol. The van der Waals surface area contributed by atoms with Gasteiger partial charge in [-0.1, -0.05) is 37.3 Å². The Morgan fingerprint density at radius 1 is 1.23 bits per heavy atom. The molecule has 3 rings (SSSR count). The van der Waals surface area contributed by atoms with Crippen molar-refractivity contribution in [1.29, 1.82) is 0 Å². The number of piperidine rings is 1. The van der Waals surface area contributed by atoms with E-state index >= 15 is 0 Å². The predicted molar refractivity (Wildman–Crippen MR) is 84.6 cm³/mol. The molecule has 0 radical (unpaired) electrons. The molecule has 5 nitrogen and oxygen atoms in total. The maximum atomic E-state index is 11.2. The Morgan fingerprint density at radius 2 is 1.95 bits per heavy atom. The molecule has 5 heteroatoms. The third kappa shape index (κ3) is 2.79. The Hall–Kier alpha value is -2.43. The van der Waals surface area contributed by atoms with E-state index < -0.39 is 5.97 Å². The van der Waals surface area contributed by atoms with E-state index in [-0.39, 0.29) is 11.8 Å². The largest absolute Gasteiger partial charge is 0.481 e. The molecule has 0 bridgehead atoms. The van der Waals surface area contributed by atoms with E-state index in [2.05, 4.69) is 14.9 Å². The fourth-order valence-corrected chi connectivity index (χ4v) is 3.07. The molecule has 1 aliphatic rings. The summed E-state index contributed by atoms with van der Waals surface area (Å²) in [6.45, 7) is 3.37. The van der Waals surface area contributed by atoms with E-state index in [1.54, 1.807) is 12.4 Å². The van der Waals surface area contributed by atoms with E-state index in [0.717, 1.165) is 17.1 Å². The lowest BCUT2D eigenvalue weighted by molar-refractivity contribution is -0.144. The van der Waals surface area contributed by atoms with E-state index in [9.17, 15) is 9.90 Å². The van der Waals surface area contributed by atoms with E-state index in [1.807, 2.05) is 37.3 Å². The number of hydrogen-bond acceptors (Lipinski definition) is 4. The number of carboxylic acids is 1. The van der Waals surface area contributed by atoms with Crippen LogP contribution >= 0.6 is 0 Å². The van der Waals surface area contributed by atoms with Gasteiger partial charge >= 0.3 is 5.97 Å². The van der Waals surface area contributed by atoms with Crippen LogP contribution in [-0.2, 0) is 4.79 Å². The van der Waals surface area contributed by atoms with Gasteiger partial charge in [-0.25, -0.2) is 4.98 Å². The Morgan fingerprint density at radius 3 is 2.64 bits per heavy atom. The summed E-state index contributed by atoms with van der Waals surface area (Å²) in [6.07, 6.45) is 4.02. The van der Waals surface area contributed by atoms with Crippen LogP contribution in [0.4, 0.5) is 5.82 Å². The standard InChI is InChI=1S/C17H19N3O2/c1-12-11-20(10-7-14(12)17(21)22)16-15(18-8-9-19-16)13-5-3-2-4-6-13/h2-6,8-9,12,14H,7,10-11H2,1H3,(H,21,22)/t12-,14+/m1/s1. The first kappa shape index (κ1) is 14.5. The molecule has 1 saturated heterocycles. The zero-order chi connectivity index (χ0) is 15.5. The fraction of sp³-hybridized carbons (Fsp3) is 0.353. The molecule has 0 unspecified atom stereocenters. The van der Waals surface area contributed by atoms with Gasteiger partial charge in [-0.3, -0.25) is 9.78 Å². The summed E-state index contributed by atoms with van der Waals surface area (Å²) < 4.78 is 0. The minimum atomic E-state index is -0.699. The molecule has 22 heavy (non-hydrogen) atoms. The van der Waals surface area contributed by atoms with Gasteiger partial charge in [0, 0.05) is 31.0 Å². The second-order valence-corrected chi connectivity index (χ2v) is 5.75. The van der Waals surface area contributed by atoms with Crippen molar-refractivity contribution in [2.45, 2.75) is 13.3 Å². The van der Waals surface area contributed by atoms with E-state index in [0.29, 0.717) is 19.5 Å². The Kier molecular flexibility index (Phi) is 4.04. The normalized spacial score (nSPS) is 21.6. The molecule has 1 N–H and O–H groups in total. The summed E-state index contributed by atoms with van der Waals surface area (Å²) in [4.78, 5) is 22.4. The van der Waals surface area contributed by atoms with Crippen LogP contribution in [0.5, 0.6) is 0 Å². The zero-order valence-corrected chi connectivity index (χ0v) is 12.5. The lowest BCUT2D eigenvalue weighted by atomic mass is 9.87. The van der Waals surface area contributed by atoms with Gasteiger partial charge in [0.1, 0.15) is 5.69 Å². The molecule has 0 amide bonds. The molecule has 1 fully saturated rings. The van der Waals surface area contributed by atoms with Crippen molar-refractivity contribution in [2.24, 2.45) is 11.8 Å². The number of aliphatic carboxylic acids is 1. The van der Waals surface area contributed by atoms with Crippen LogP contribution in [-0.4, -0.2) is 34.1 Å². The van der Waals surface area contributed by atoms with Gasteiger partial charge in [-0.2, -0.15) is 0 Å². The highest BCUT2D eigenvalue weighted by molar-refractivity contribution is 5.73. The second kappa shape index (κ2) is 6.13. The van der Waals surface area contributed by atoms with Crippen molar-refractivity contribution in [3.8, 4) is 11.3 Å². The lowest BCUT2D eigenvalue weighted by Gasteiger charge is -2.36.